The first kappa shape index (κ1) is 14.1. The summed E-state index contributed by atoms with van der Waals surface area (Å²) in [5, 5.41) is 6.84. The third-order valence-corrected chi connectivity index (χ3v) is 4.79. The topological polar surface area (TPSA) is 75.3 Å². The third-order valence-electron chi connectivity index (χ3n) is 4.79. The number of ether oxygens (including phenoxy) is 1. The van der Waals surface area contributed by atoms with E-state index in [1.165, 1.54) is 0 Å². The van der Waals surface area contributed by atoms with Crippen molar-refractivity contribution in [2.75, 3.05) is 7.05 Å². The number of esters is 1. The summed E-state index contributed by atoms with van der Waals surface area (Å²) in [6.07, 6.45) is 5.64. The molecule has 6 nitrogen and oxygen atoms in total. The zero-order valence-electron chi connectivity index (χ0n) is 12.5. The zero-order chi connectivity index (χ0) is 15.0. The highest BCUT2D eigenvalue weighted by molar-refractivity contribution is 5.87. The van der Waals surface area contributed by atoms with Crippen molar-refractivity contribution in [3.05, 3.63) is 17.5 Å². The van der Waals surface area contributed by atoms with Gasteiger partial charge < -0.3 is 9.64 Å². The Morgan fingerprint density at radius 2 is 2.24 bits per heavy atom. The maximum absolute atomic E-state index is 12.8. The van der Waals surface area contributed by atoms with E-state index in [0.29, 0.717) is 6.54 Å². The summed E-state index contributed by atoms with van der Waals surface area (Å²) in [5.74, 6) is -0.559. The van der Waals surface area contributed by atoms with Crippen molar-refractivity contribution in [2.45, 2.75) is 51.2 Å². The van der Waals surface area contributed by atoms with Gasteiger partial charge in [0.15, 0.2) is 0 Å². The zero-order valence-corrected chi connectivity index (χ0v) is 12.5. The van der Waals surface area contributed by atoms with Gasteiger partial charge in [0, 0.05) is 24.8 Å². The maximum Gasteiger partial charge on any atom is 0.307 e. The summed E-state index contributed by atoms with van der Waals surface area (Å²) < 4.78 is 5.55. The summed E-state index contributed by atoms with van der Waals surface area (Å²) in [7, 11) is 1.78. The van der Waals surface area contributed by atoms with E-state index < -0.39 is 5.60 Å². The van der Waals surface area contributed by atoms with Crippen LogP contribution in [0.25, 0.3) is 0 Å². The molecular formula is C15H21N3O3. The van der Waals surface area contributed by atoms with Crippen LogP contribution in [0, 0.1) is 12.8 Å². The number of aromatic nitrogens is 2. The average molecular weight is 291 g/mol. The van der Waals surface area contributed by atoms with Crippen LogP contribution in [0.4, 0.5) is 0 Å². The Morgan fingerprint density at radius 1 is 1.52 bits per heavy atom. The van der Waals surface area contributed by atoms with Crippen LogP contribution in [0.1, 0.15) is 43.4 Å². The molecule has 1 aromatic heterocycles. The molecule has 0 bridgehead atoms. The summed E-state index contributed by atoms with van der Waals surface area (Å²) in [6, 6.07) is 0. The van der Waals surface area contributed by atoms with Crippen molar-refractivity contribution < 1.29 is 14.3 Å². The van der Waals surface area contributed by atoms with Gasteiger partial charge in [0.1, 0.15) is 5.60 Å². The maximum atomic E-state index is 12.8. The van der Waals surface area contributed by atoms with Crippen LogP contribution in [0.5, 0.6) is 0 Å². The molecule has 1 aliphatic carbocycles. The molecule has 0 aromatic carbocycles. The Balaban J connectivity index is 1.74. The first-order valence-corrected chi connectivity index (χ1v) is 7.47. The predicted octanol–water partition coefficient (Wildman–Crippen LogP) is 1.55. The first-order chi connectivity index (χ1) is 10.0. The number of amides is 1. The van der Waals surface area contributed by atoms with Crippen LogP contribution in [0.2, 0.25) is 0 Å². The number of hydrogen-bond acceptors (Lipinski definition) is 4. The monoisotopic (exact) mass is 291 g/mol. The number of H-pyrrole nitrogens is 1. The van der Waals surface area contributed by atoms with Gasteiger partial charge in [-0.2, -0.15) is 5.10 Å². The fourth-order valence-electron chi connectivity index (χ4n) is 3.56. The molecular weight excluding hydrogens is 270 g/mol. The molecule has 2 aliphatic rings. The van der Waals surface area contributed by atoms with Gasteiger partial charge in [0.2, 0.25) is 5.91 Å². The lowest BCUT2D eigenvalue weighted by Crippen LogP contribution is -2.43. The molecule has 2 fully saturated rings. The third kappa shape index (κ3) is 2.43. The van der Waals surface area contributed by atoms with Gasteiger partial charge in [-0.05, 0) is 32.6 Å². The minimum absolute atomic E-state index is 0.00310. The summed E-state index contributed by atoms with van der Waals surface area (Å²) in [6.45, 7) is 2.43. The van der Waals surface area contributed by atoms with Crippen LogP contribution >= 0.6 is 0 Å². The number of aryl methyl sites for hydroxylation is 1. The van der Waals surface area contributed by atoms with Crippen LogP contribution in [0.3, 0.4) is 0 Å². The highest BCUT2D eigenvalue weighted by atomic mass is 16.6. The van der Waals surface area contributed by atoms with Crippen molar-refractivity contribution in [1.82, 2.24) is 15.1 Å². The van der Waals surface area contributed by atoms with E-state index in [9.17, 15) is 9.59 Å². The largest absolute Gasteiger partial charge is 0.458 e. The Labute approximate surface area is 123 Å². The number of nitrogens with one attached hydrogen (secondary N) is 1. The van der Waals surface area contributed by atoms with Crippen molar-refractivity contribution in [1.29, 1.82) is 0 Å². The molecule has 1 N–H and O–H groups in total. The molecule has 1 aliphatic heterocycles. The Kier molecular flexibility index (Phi) is 3.47. The number of aromatic amines is 1. The molecule has 2 heterocycles. The van der Waals surface area contributed by atoms with E-state index in [1.807, 2.05) is 6.92 Å². The Morgan fingerprint density at radius 3 is 2.86 bits per heavy atom. The Bertz CT molecular complexity index is 560. The highest BCUT2D eigenvalue weighted by Gasteiger charge is 2.54. The molecule has 114 valence electrons. The van der Waals surface area contributed by atoms with Gasteiger partial charge in [0.05, 0.1) is 18.5 Å². The Hall–Kier alpha value is -1.85. The SMILES string of the molecule is Cc1[nH]ncc1CN(C)C(=O)C1CC(=O)OC12CCCC2. The van der Waals surface area contributed by atoms with E-state index >= 15 is 0 Å². The second-order valence-electron chi connectivity index (χ2n) is 6.22. The summed E-state index contributed by atoms with van der Waals surface area (Å²) >= 11 is 0. The van der Waals surface area contributed by atoms with Crippen molar-refractivity contribution in [3.63, 3.8) is 0 Å². The fraction of sp³-hybridized carbons (Fsp3) is 0.667. The molecule has 3 rings (SSSR count). The average Bonchev–Trinajstić information content (AvgIpc) is 3.13. The summed E-state index contributed by atoms with van der Waals surface area (Å²) in [5.41, 5.74) is 1.42. The number of hydrogen-bond donors (Lipinski definition) is 1. The molecule has 1 amide bonds. The molecule has 1 saturated heterocycles. The van der Waals surface area contributed by atoms with Gasteiger partial charge in [0.25, 0.3) is 0 Å². The van der Waals surface area contributed by atoms with Crippen molar-refractivity contribution in [3.8, 4) is 0 Å². The first-order valence-electron chi connectivity index (χ1n) is 7.47. The molecule has 1 unspecified atom stereocenters. The smallest absolute Gasteiger partial charge is 0.307 e. The van der Waals surface area contributed by atoms with Crippen molar-refractivity contribution in [2.24, 2.45) is 5.92 Å². The second-order valence-corrected chi connectivity index (χ2v) is 6.22. The van der Waals surface area contributed by atoms with Gasteiger partial charge in [-0.25, -0.2) is 0 Å². The van der Waals surface area contributed by atoms with E-state index in [2.05, 4.69) is 10.2 Å². The highest BCUT2D eigenvalue weighted by Crippen LogP contribution is 2.46. The van der Waals surface area contributed by atoms with Gasteiger partial charge in [-0.15, -0.1) is 0 Å². The lowest BCUT2D eigenvalue weighted by atomic mass is 9.84. The number of nitrogens with zero attached hydrogens (tertiary/aromatic N) is 2. The number of carbonyl (C=O) groups excluding carboxylic acids is 2. The van der Waals surface area contributed by atoms with E-state index in [4.69, 9.17) is 4.74 Å². The number of rotatable bonds is 3. The van der Waals surface area contributed by atoms with E-state index in [-0.39, 0.29) is 24.2 Å². The lowest BCUT2D eigenvalue weighted by molar-refractivity contribution is -0.151. The van der Waals surface area contributed by atoms with E-state index in [1.54, 1.807) is 18.1 Å². The van der Waals surface area contributed by atoms with Crippen LogP contribution in [0.15, 0.2) is 6.20 Å². The lowest BCUT2D eigenvalue weighted by Gasteiger charge is -2.30. The predicted molar refractivity (Wildman–Crippen MR) is 75.2 cm³/mol. The molecule has 1 spiro atoms. The van der Waals surface area contributed by atoms with Gasteiger partial charge in [-0.3, -0.25) is 14.7 Å². The normalized spacial score (nSPS) is 23.5. The van der Waals surface area contributed by atoms with Crippen LogP contribution < -0.4 is 0 Å². The molecule has 6 heteroatoms. The summed E-state index contributed by atoms with van der Waals surface area (Å²) in [4.78, 5) is 26.1. The minimum Gasteiger partial charge on any atom is -0.458 e. The standard InChI is InChI=1S/C15H21N3O3/c1-10-11(8-16-17-10)9-18(2)14(20)12-7-13(19)21-15(12)5-3-4-6-15/h8,12H,3-7,9H2,1-2H3,(H,16,17). The molecule has 0 radical (unpaired) electrons. The van der Waals surface area contributed by atoms with Crippen LogP contribution in [-0.4, -0.2) is 39.6 Å². The van der Waals surface area contributed by atoms with Gasteiger partial charge >= 0.3 is 5.97 Å². The molecule has 1 aromatic rings. The van der Waals surface area contributed by atoms with E-state index in [0.717, 1.165) is 36.9 Å². The van der Waals surface area contributed by atoms with Crippen LogP contribution in [-0.2, 0) is 20.9 Å². The quantitative estimate of drug-likeness (QED) is 0.857. The minimum atomic E-state index is -0.534. The van der Waals surface area contributed by atoms with Gasteiger partial charge in [-0.1, -0.05) is 0 Å². The molecule has 1 atom stereocenters. The number of carbonyl (C=O) groups is 2. The fourth-order valence-corrected chi connectivity index (χ4v) is 3.56. The molecule has 1 saturated carbocycles. The molecule has 21 heavy (non-hydrogen) atoms. The second kappa shape index (κ2) is 5.16. The van der Waals surface area contributed by atoms with Crippen molar-refractivity contribution >= 4 is 11.9 Å².